The van der Waals surface area contributed by atoms with Gasteiger partial charge in [0.2, 0.25) is 0 Å². The van der Waals surface area contributed by atoms with Gasteiger partial charge in [0.15, 0.2) is 0 Å². The van der Waals surface area contributed by atoms with Crippen molar-refractivity contribution in [1.82, 2.24) is 0 Å². The fraction of sp³-hybridized carbons (Fsp3) is 0.909. The normalized spacial score (nSPS) is 31.4. The molecule has 0 heterocycles. The van der Waals surface area contributed by atoms with Gasteiger partial charge in [-0.05, 0) is 38.0 Å². The van der Waals surface area contributed by atoms with Crippen LogP contribution in [0.1, 0.15) is 45.4 Å². The van der Waals surface area contributed by atoms with Crippen LogP contribution >= 0.6 is 0 Å². The smallest absolute Gasteiger partial charge is 0.389 e. The first-order chi connectivity index (χ1) is 7.25. The molecule has 2 nitrogen and oxygen atoms in total. The maximum Gasteiger partial charge on any atom is 0.389 e. The molecule has 1 rings (SSSR count). The average Bonchev–Trinajstić information content (AvgIpc) is 2.16. The Labute approximate surface area is 92.8 Å². The van der Waals surface area contributed by atoms with E-state index in [-0.39, 0.29) is 6.42 Å². The average molecular weight is 238 g/mol. The molecule has 0 aromatic carbocycles. The van der Waals surface area contributed by atoms with Crippen molar-refractivity contribution in [3.8, 4) is 0 Å². The van der Waals surface area contributed by atoms with Crippen LogP contribution in [0.3, 0.4) is 0 Å². The molecule has 1 N–H and O–H groups in total. The SMILES string of the molecule is CC1CCC(CCC(F)(F)F)(C(=O)O)CC1. The maximum absolute atomic E-state index is 12.1. The number of aliphatic carboxylic acids is 1. The van der Waals surface area contributed by atoms with Crippen molar-refractivity contribution in [3.05, 3.63) is 0 Å². The number of carboxylic acids is 1. The molecular formula is C11H17F3O2. The number of rotatable bonds is 3. The molecule has 94 valence electrons. The van der Waals surface area contributed by atoms with Gasteiger partial charge in [-0.2, -0.15) is 13.2 Å². The minimum Gasteiger partial charge on any atom is -0.481 e. The Morgan fingerprint density at radius 3 is 2.25 bits per heavy atom. The molecule has 1 aliphatic carbocycles. The number of hydrogen-bond acceptors (Lipinski definition) is 1. The molecule has 16 heavy (non-hydrogen) atoms. The topological polar surface area (TPSA) is 37.3 Å². The molecule has 0 unspecified atom stereocenters. The molecule has 5 heteroatoms. The van der Waals surface area contributed by atoms with Crippen LogP contribution in [0.4, 0.5) is 13.2 Å². The molecule has 0 spiro atoms. The Hall–Kier alpha value is -0.740. The van der Waals surface area contributed by atoms with E-state index in [2.05, 4.69) is 0 Å². The van der Waals surface area contributed by atoms with Gasteiger partial charge in [0.1, 0.15) is 0 Å². The molecule has 0 radical (unpaired) electrons. The lowest BCUT2D eigenvalue weighted by Crippen LogP contribution is -2.36. The quantitative estimate of drug-likeness (QED) is 0.815. The first-order valence-electron chi connectivity index (χ1n) is 5.55. The summed E-state index contributed by atoms with van der Waals surface area (Å²) >= 11 is 0. The first-order valence-corrected chi connectivity index (χ1v) is 5.55. The van der Waals surface area contributed by atoms with E-state index in [0.717, 1.165) is 0 Å². The number of hydrogen-bond donors (Lipinski definition) is 1. The van der Waals surface area contributed by atoms with Crippen LogP contribution < -0.4 is 0 Å². The molecule has 1 aliphatic rings. The molecule has 0 saturated heterocycles. The highest BCUT2D eigenvalue weighted by Crippen LogP contribution is 2.44. The highest BCUT2D eigenvalue weighted by atomic mass is 19.4. The summed E-state index contributed by atoms with van der Waals surface area (Å²) in [6.45, 7) is 2.01. The van der Waals surface area contributed by atoms with Crippen LogP contribution in [0.25, 0.3) is 0 Å². The van der Waals surface area contributed by atoms with Crippen molar-refractivity contribution in [3.63, 3.8) is 0 Å². The summed E-state index contributed by atoms with van der Waals surface area (Å²) in [5, 5.41) is 9.10. The van der Waals surface area contributed by atoms with Crippen LogP contribution in [0, 0.1) is 11.3 Å². The van der Waals surface area contributed by atoms with E-state index in [1.165, 1.54) is 0 Å². The highest BCUT2D eigenvalue weighted by molar-refractivity contribution is 5.74. The third-order valence-electron chi connectivity index (χ3n) is 3.57. The van der Waals surface area contributed by atoms with E-state index in [4.69, 9.17) is 5.11 Å². The Morgan fingerprint density at radius 2 is 1.88 bits per heavy atom. The van der Waals surface area contributed by atoms with Gasteiger partial charge in [-0.3, -0.25) is 4.79 Å². The summed E-state index contributed by atoms with van der Waals surface area (Å²) in [5.74, 6) is -0.637. The molecule has 0 atom stereocenters. The van der Waals surface area contributed by atoms with Crippen molar-refractivity contribution >= 4 is 5.97 Å². The van der Waals surface area contributed by atoms with Gasteiger partial charge in [0.05, 0.1) is 5.41 Å². The van der Waals surface area contributed by atoms with Gasteiger partial charge in [-0.1, -0.05) is 6.92 Å². The summed E-state index contributed by atoms with van der Waals surface area (Å²) < 4.78 is 36.4. The van der Waals surface area contributed by atoms with Crippen LogP contribution in [0.15, 0.2) is 0 Å². The standard InChI is InChI=1S/C11H17F3O2/c1-8-2-4-10(5-3-8,9(15)16)6-7-11(12,13)14/h8H,2-7H2,1H3,(H,15,16). The summed E-state index contributed by atoms with van der Waals surface area (Å²) in [4.78, 5) is 11.1. The summed E-state index contributed by atoms with van der Waals surface area (Å²) in [6.07, 6.45) is -3.36. The van der Waals surface area contributed by atoms with Gasteiger partial charge < -0.3 is 5.11 Å². The summed E-state index contributed by atoms with van der Waals surface area (Å²) in [5.41, 5.74) is -1.14. The fourth-order valence-electron chi connectivity index (χ4n) is 2.27. The van der Waals surface area contributed by atoms with Gasteiger partial charge in [0, 0.05) is 6.42 Å². The van der Waals surface area contributed by atoms with Gasteiger partial charge in [-0.15, -0.1) is 0 Å². The monoisotopic (exact) mass is 238 g/mol. The predicted molar refractivity (Wildman–Crippen MR) is 53.0 cm³/mol. The molecular weight excluding hydrogens is 221 g/mol. The number of carboxylic acid groups (broad SMARTS) is 1. The lowest BCUT2D eigenvalue weighted by molar-refractivity contribution is -0.161. The summed E-state index contributed by atoms with van der Waals surface area (Å²) in [6, 6.07) is 0. The number of halogens is 3. The van der Waals surface area contributed by atoms with E-state index in [1.54, 1.807) is 0 Å². The van der Waals surface area contributed by atoms with Crippen LogP contribution in [-0.2, 0) is 4.79 Å². The second-order valence-corrected chi connectivity index (χ2v) is 4.88. The van der Waals surface area contributed by atoms with E-state index in [1.807, 2.05) is 6.92 Å². The lowest BCUT2D eigenvalue weighted by atomic mass is 9.68. The molecule has 1 saturated carbocycles. The third kappa shape index (κ3) is 3.39. The number of carbonyl (C=O) groups is 1. The Kier molecular flexibility index (Phi) is 3.86. The molecule has 0 aromatic rings. The Bertz CT molecular complexity index is 252. The largest absolute Gasteiger partial charge is 0.481 e. The van der Waals surface area contributed by atoms with E-state index in [0.29, 0.717) is 31.6 Å². The zero-order valence-corrected chi connectivity index (χ0v) is 9.31. The van der Waals surface area contributed by atoms with Crippen molar-refractivity contribution in [2.75, 3.05) is 0 Å². The van der Waals surface area contributed by atoms with Gasteiger partial charge >= 0.3 is 12.1 Å². The highest BCUT2D eigenvalue weighted by Gasteiger charge is 2.43. The van der Waals surface area contributed by atoms with Crippen LogP contribution in [0.5, 0.6) is 0 Å². The Balaban J connectivity index is 2.64. The third-order valence-corrected chi connectivity index (χ3v) is 3.57. The molecule has 0 aromatic heterocycles. The predicted octanol–water partition coefficient (Wildman–Crippen LogP) is 3.61. The van der Waals surface area contributed by atoms with E-state index < -0.39 is 24.0 Å². The minimum absolute atomic E-state index is 0.279. The second kappa shape index (κ2) is 4.63. The summed E-state index contributed by atoms with van der Waals surface area (Å²) in [7, 11) is 0. The van der Waals surface area contributed by atoms with Crippen molar-refractivity contribution in [1.29, 1.82) is 0 Å². The zero-order valence-electron chi connectivity index (χ0n) is 9.31. The molecule has 0 amide bonds. The minimum atomic E-state index is -4.26. The van der Waals surface area contributed by atoms with E-state index in [9.17, 15) is 18.0 Å². The number of alkyl halides is 3. The molecule has 0 bridgehead atoms. The lowest BCUT2D eigenvalue weighted by Gasteiger charge is -2.36. The second-order valence-electron chi connectivity index (χ2n) is 4.88. The van der Waals surface area contributed by atoms with Crippen molar-refractivity contribution in [2.45, 2.75) is 51.6 Å². The van der Waals surface area contributed by atoms with E-state index >= 15 is 0 Å². The first kappa shape index (κ1) is 13.3. The van der Waals surface area contributed by atoms with Crippen LogP contribution in [0.2, 0.25) is 0 Å². The Morgan fingerprint density at radius 1 is 1.38 bits per heavy atom. The van der Waals surface area contributed by atoms with Crippen molar-refractivity contribution < 1.29 is 23.1 Å². The molecule has 0 aliphatic heterocycles. The van der Waals surface area contributed by atoms with Gasteiger partial charge in [0.25, 0.3) is 0 Å². The molecule has 1 fully saturated rings. The fourth-order valence-corrected chi connectivity index (χ4v) is 2.27. The van der Waals surface area contributed by atoms with Gasteiger partial charge in [-0.25, -0.2) is 0 Å². The van der Waals surface area contributed by atoms with Crippen LogP contribution in [-0.4, -0.2) is 17.3 Å². The zero-order chi connectivity index (χ0) is 12.4. The maximum atomic E-state index is 12.1. The van der Waals surface area contributed by atoms with Crippen molar-refractivity contribution in [2.24, 2.45) is 11.3 Å².